The second kappa shape index (κ2) is 12.3. The summed E-state index contributed by atoms with van der Waals surface area (Å²) in [6, 6.07) is 0.109. The first-order valence-electron chi connectivity index (χ1n) is 6.44. The Bertz CT molecular complexity index is 145. The maximum atomic E-state index is 9.17. The molecule has 2 N–H and O–H groups in total. The fraction of sp³-hybridized carbons (Fsp3) is 1.00. The zero-order chi connectivity index (χ0) is 12.9. The van der Waals surface area contributed by atoms with Crippen LogP contribution in [-0.2, 0) is 9.47 Å². The lowest BCUT2D eigenvalue weighted by molar-refractivity contribution is 0.0741. The van der Waals surface area contributed by atoms with Crippen molar-refractivity contribution >= 4 is 0 Å². The van der Waals surface area contributed by atoms with Gasteiger partial charge in [0, 0.05) is 38.9 Å². The molecule has 0 fully saturated rings. The minimum absolute atomic E-state index is 0.109. The minimum Gasteiger partial charge on any atom is -0.395 e. The fourth-order valence-electron chi connectivity index (χ4n) is 1.52. The Kier molecular flexibility index (Phi) is 12.1. The molecule has 0 saturated carbocycles. The summed E-state index contributed by atoms with van der Waals surface area (Å²) in [6.45, 7) is 9.64. The molecule has 5 heteroatoms. The topological polar surface area (TPSA) is 54.0 Å². The van der Waals surface area contributed by atoms with Gasteiger partial charge in [0.2, 0.25) is 0 Å². The van der Waals surface area contributed by atoms with E-state index in [1.165, 1.54) is 0 Å². The summed E-state index contributed by atoms with van der Waals surface area (Å²) in [7, 11) is 1.87. The highest BCUT2D eigenvalue weighted by molar-refractivity contribution is 4.69. The van der Waals surface area contributed by atoms with Gasteiger partial charge in [-0.3, -0.25) is 4.90 Å². The number of aliphatic hydroxyl groups excluding tert-OH is 1. The fourth-order valence-corrected chi connectivity index (χ4v) is 1.52. The monoisotopic (exact) mass is 248 g/mol. The second-order valence-corrected chi connectivity index (χ2v) is 3.86. The van der Waals surface area contributed by atoms with E-state index in [4.69, 9.17) is 14.6 Å². The molecule has 104 valence electrons. The number of hydrogen-bond acceptors (Lipinski definition) is 5. The Labute approximate surface area is 105 Å². The SMILES string of the molecule is CCOCCN(CCOCC)CC(CO)NC. The van der Waals surface area contributed by atoms with Crippen molar-refractivity contribution in [1.29, 1.82) is 0 Å². The van der Waals surface area contributed by atoms with Crippen LogP contribution in [0.15, 0.2) is 0 Å². The van der Waals surface area contributed by atoms with Crippen molar-refractivity contribution < 1.29 is 14.6 Å². The van der Waals surface area contributed by atoms with Gasteiger partial charge in [0.05, 0.1) is 19.8 Å². The Morgan fingerprint density at radius 2 is 1.65 bits per heavy atom. The van der Waals surface area contributed by atoms with Crippen molar-refractivity contribution in [3.8, 4) is 0 Å². The maximum Gasteiger partial charge on any atom is 0.0597 e. The van der Waals surface area contributed by atoms with E-state index in [0.717, 1.165) is 46.1 Å². The number of nitrogens with one attached hydrogen (secondary N) is 1. The van der Waals surface area contributed by atoms with Gasteiger partial charge in [-0.1, -0.05) is 0 Å². The van der Waals surface area contributed by atoms with Crippen molar-refractivity contribution in [2.24, 2.45) is 0 Å². The largest absolute Gasteiger partial charge is 0.395 e. The van der Waals surface area contributed by atoms with Crippen LogP contribution in [0.4, 0.5) is 0 Å². The van der Waals surface area contributed by atoms with Crippen LogP contribution in [0.25, 0.3) is 0 Å². The first-order valence-corrected chi connectivity index (χ1v) is 6.44. The molecule has 17 heavy (non-hydrogen) atoms. The summed E-state index contributed by atoms with van der Waals surface area (Å²) >= 11 is 0. The molecular formula is C12H28N2O3. The molecule has 0 aliphatic rings. The summed E-state index contributed by atoms with van der Waals surface area (Å²) in [5, 5.41) is 12.3. The number of nitrogens with zero attached hydrogens (tertiary/aromatic N) is 1. The molecule has 0 aliphatic carbocycles. The molecule has 0 bridgehead atoms. The molecular weight excluding hydrogens is 220 g/mol. The first-order chi connectivity index (χ1) is 8.28. The molecule has 0 heterocycles. The molecule has 0 radical (unpaired) electrons. The van der Waals surface area contributed by atoms with E-state index in [2.05, 4.69) is 10.2 Å². The maximum absolute atomic E-state index is 9.17. The summed E-state index contributed by atoms with van der Waals surface area (Å²) < 4.78 is 10.7. The van der Waals surface area contributed by atoms with Gasteiger partial charge in [0.15, 0.2) is 0 Å². The number of hydrogen-bond donors (Lipinski definition) is 2. The molecule has 0 aromatic rings. The van der Waals surface area contributed by atoms with Crippen LogP contribution in [0.2, 0.25) is 0 Å². The Hall–Kier alpha value is -0.200. The summed E-state index contributed by atoms with van der Waals surface area (Å²) in [4.78, 5) is 2.25. The van der Waals surface area contributed by atoms with Crippen molar-refractivity contribution in [1.82, 2.24) is 10.2 Å². The third-order valence-corrected chi connectivity index (χ3v) is 2.62. The van der Waals surface area contributed by atoms with Gasteiger partial charge in [-0.2, -0.15) is 0 Å². The van der Waals surface area contributed by atoms with Gasteiger partial charge in [-0.25, -0.2) is 0 Å². The molecule has 0 rings (SSSR count). The van der Waals surface area contributed by atoms with Crippen LogP contribution in [0, 0.1) is 0 Å². The van der Waals surface area contributed by atoms with Gasteiger partial charge in [-0.05, 0) is 20.9 Å². The first kappa shape index (κ1) is 16.8. The van der Waals surface area contributed by atoms with Gasteiger partial charge < -0.3 is 19.9 Å². The molecule has 0 amide bonds. The van der Waals surface area contributed by atoms with E-state index in [9.17, 15) is 0 Å². The minimum atomic E-state index is 0.109. The van der Waals surface area contributed by atoms with Gasteiger partial charge >= 0.3 is 0 Å². The van der Waals surface area contributed by atoms with Crippen LogP contribution in [0.3, 0.4) is 0 Å². The molecule has 0 spiro atoms. The third-order valence-electron chi connectivity index (χ3n) is 2.62. The summed E-state index contributed by atoms with van der Waals surface area (Å²) in [5.74, 6) is 0. The highest BCUT2D eigenvalue weighted by Gasteiger charge is 2.11. The Morgan fingerprint density at radius 3 is 2.00 bits per heavy atom. The lowest BCUT2D eigenvalue weighted by Gasteiger charge is -2.26. The highest BCUT2D eigenvalue weighted by Crippen LogP contribution is 1.94. The van der Waals surface area contributed by atoms with Gasteiger partial charge in [0.25, 0.3) is 0 Å². The van der Waals surface area contributed by atoms with Crippen LogP contribution in [-0.4, -0.2) is 75.8 Å². The van der Waals surface area contributed by atoms with Gasteiger partial charge in [-0.15, -0.1) is 0 Å². The highest BCUT2D eigenvalue weighted by atomic mass is 16.5. The summed E-state index contributed by atoms with van der Waals surface area (Å²) in [5.41, 5.74) is 0. The predicted molar refractivity (Wildman–Crippen MR) is 69.4 cm³/mol. The molecule has 1 unspecified atom stereocenters. The van der Waals surface area contributed by atoms with Crippen molar-refractivity contribution in [3.05, 3.63) is 0 Å². The van der Waals surface area contributed by atoms with Crippen molar-refractivity contribution in [3.63, 3.8) is 0 Å². The number of likely N-dealkylation sites (N-methyl/N-ethyl adjacent to an activating group) is 1. The van der Waals surface area contributed by atoms with Gasteiger partial charge in [0.1, 0.15) is 0 Å². The molecule has 5 nitrogen and oxygen atoms in total. The van der Waals surface area contributed by atoms with E-state index >= 15 is 0 Å². The molecule has 0 aliphatic heterocycles. The van der Waals surface area contributed by atoms with E-state index < -0.39 is 0 Å². The van der Waals surface area contributed by atoms with E-state index in [0.29, 0.717) is 0 Å². The lowest BCUT2D eigenvalue weighted by Crippen LogP contribution is -2.44. The number of rotatable bonds is 12. The second-order valence-electron chi connectivity index (χ2n) is 3.86. The van der Waals surface area contributed by atoms with Crippen LogP contribution in [0.5, 0.6) is 0 Å². The lowest BCUT2D eigenvalue weighted by atomic mass is 10.3. The Balaban J connectivity index is 3.90. The molecule has 1 atom stereocenters. The number of aliphatic hydroxyl groups is 1. The normalized spacial score (nSPS) is 13.2. The quantitative estimate of drug-likeness (QED) is 0.474. The third kappa shape index (κ3) is 9.50. The average Bonchev–Trinajstić information content (AvgIpc) is 2.35. The standard InChI is InChI=1S/C12H28N2O3/c1-4-16-8-6-14(7-9-17-5-2)10-12(11-15)13-3/h12-13,15H,4-11H2,1-3H3. The van der Waals surface area contributed by atoms with E-state index in [1.807, 2.05) is 20.9 Å². The molecule has 0 saturated heterocycles. The van der Waals surface area contributed by atoms with Crippen molar-refractivity contribution in [2.45, 2.75) is 19.9 Å². The zero-order valence-corrected chi connectivity index (χ0v) is 11.4. The van der Waals surface area contributed by atoms with Crippen LogP contribution >= 0.6 is 0 Å². The Morgan fingerprint density at radius 1 is 1.12 bits per heavy atom. The molecule has 0 aromatic heterocycles. The average molecular weight is 248 g/mol. The smallest absolute Gasteiger partial charge is 0.0597 e. The zero-order valence-electron chi connectivity index (χ0n) is 11.4. The number of ether oxygens (including phenoxy) is 2. The summed E-state index contributed by atoms with van der Waals surface area (Å²) in [6.07, 6.45) is 0. The van der Waals surface area contributed by atoms with Crippen LogP contribution < -0.4 is 5.32 Å². The molecule has 0 aromatic carbocycles. The predicted octanol–water partition coefficient (Wildman–Crippen LogP) is -0.0583. The van der Waals surface area contributed by atoms with E-state index in [-0.39, 0.29) is 12.6 Å². The van der Waals surface area contributed by atoms with Crippen LogP contribution in [0.1, 0.15) is 13.8 Å². The van der Waals surface area contributed by atoms with E-state index in [1.54, 1.807) is 0 Å². The van der Waals surface area contributed by atoms with Crippen molar-refractivity contribution in [2.75, 3.05) is 59.7 Å².